The van der Waals surface area contributed by atoms with Gasteiger partial charge in [0.1, 0.15) is 5.75 Å². The van der Waals surface area contributed by atoms with Gasteiger partial charge in [0.05, 0.1) is 26.7 Å². The summed E-state index contributed by atoms with van der Waals surface area (Å²) in [7, 11) is 1.59. The Labute approximate surface area is 158 Å². The van der Waals surface area contributed by atoms with Crippen LogP contribution < -0.4 is 4.74 Å². The second-order valence-electron chi connectivity index (χ2n) is 6.24. The van der Waals surface area contributed by atoms with Crippen LogP contribution in [0.3, 0.4) is 0 Å². The number of hydrogen-bond donors (Lipinski definition) is 0. The van der Waals surface area contributed by atoms with Crippen LogP contribution in [-0.2, 0) is 25.5 Å². The normalized spacial score (nSPS) is 15.1. The molecule has 0 aliphatic carbocycles. The molecule has 0 radical (unpaired) electrons. The number of esters is 1. The molecular formula is C21H23NO5. The van der Waals surface area contributed by atoms with Gasteiger partial charge in [-0.2, -0.15) is 0 Å². The number of carbonyl (C=O) groups excluding carboxylic acids is 2. The van der Waals surface area contributed by atoms with Gasteiger partial charge in [-0.25, -0.2) is 0 Å². The molecule has 1 atom stereocenters. The molecule has 0 aromatic heterocycles. The number of methoxy groups -OCH3 is 1. The van der Waals surface area contributed by atoms with Gasteiger partial charge in [0.15, 0.2) is 0 Å². The Morgan fingerprint density at radius 1 is 1.04 bits per heavy atom. The first kappa shape index (κ1) is 18.9. The van der Waals surface area contributed by atoms with E-state index in [1.807, 2.05) is 18.2 Å². The maximum atomic E-state index is 12.9. The molecule has 0 N–H and O–H groups in total. The summed E-state index contributed by atoms with van der Waals surface area (Å²) in [6, 6.07) is 16.3. The van der Waals surface area contributed by atoms with Crippen molar-refractivity contribution in [2.45, 2.75) is 12.5 Å². The fourth-order valence-electron chi connectivity index (χ4n) is 2.92. The number of hydrogen-bond acceptors (Lipinski definition) is 5. The quantitative estimate of drug-likeness (QED) is 0.732. The highest BCUT2D eigenvalue weighted by molar-refractivity contribution is 5.85. The van der Waals surface area contributed by atoms with Crippen LogP contribution in [-0.4, -0.2) is 50.2 Å². The van der Waals surface area contributed by atoms with Crippen molar-refractivity contribution in [1.29, 1.82) is 0 Å². The van der Waals surface area contributed by atoms with Gasteiger partial charge in [0.25, 0.3) is 5.91 Å². The average Bonchev–Trinajstić information content (AvgIpc) is 2.73. The number of benzene rings is 2. The molecule has 2 aromatic rings. The molecule has 3 rings (SSSR count). The molecule has 0 unspecified atom stereocenters. The molecule has 27 heavy (non-hydrogen) atoms. The molecule has 0 saturated carbocycles. The lowest BCUT2D eigenvalue weighted by Gasteiger charge is -2.30. The zero-order valence-corrected chi connectivity index (χ0v) is 15.3. The molecule has 1 amide bonds. The van der Waals surface area contributed by atoms with E-state index in [-0.39, 0.29) is 12.3 Å². The van der Waals surface area contributed by atoms with Crippen molar-refractivity contribution >= 4 is 11.9 Å². The van der Waals surface area contributed by atoms with Crippen molar-refractivity contribution in [3.8, 4) is 5.75 Å². The van der Waals surface area contributed by atoms with Crippen LogP contribution in [0.1, 0.15) is 17.2 Å². The third-order valence-corrected chi connectivity index (χ3v) is 4.41. The summed E-state index contributed by atoms with van der Waals surface area (Å²) in [5.74, 6) is 0.0555. The fraction of sp³-hybridized carbons (Fsp3) is 0.333. The van der Waals surface area contributed by atoms with E-state index in [9.17, 15) is 9.59 Å². The van der Waals surface area contributed by atoms with Gasteiger partial charge in [-0.3, -0.25) is 9.59 Å². The first-order valence-electron chi connectivity index (χ1n) is 8.91. The third kappa shape index (κ3) is 5.08. The van der Waals surface area contributed by atoms with Gasteiger partial charge in [-0.1, -0.05) is 42.5 Å². The maximum absolute atomic E-state index is 12.9. The van der Waals surface area contributed by atoms with Crippen molar-refractivity contribution in [3.05, 3.63) is 65.7 Å². The lowest BCUT2D eigenvalue weighted by atomic mass is 10.1. The van der Waals surface area contributed by atoms with Gasteiger partial charge in [-0.15, -0.1) is 0 Å². The molecule has 1 aliphatic heterocycles. The van der Waals surface area contributed by atoms with E-state index < -0.39 is 12.1 Å². The summed E-state index contributed by atoms with van der Waals surface area (Å²) in [5, 5.41) is 0. The predicted octanol–water partition coefficient (Wildman–Crippen LogP) is 2.38. The van der Waals surface area contributed by atoms with E-state index in [1.165, 1.54) is 0 Å². The minimum absolute atomic E-state index is 0.0870. The topological polar surface area (TPSA) is 65.1 Å². The van der Waals surface area contributed by atoms with Crippen LogP contribution >= 0.6 is 0 Å². The second-order valence-corrected chi connectivity index (χ2v) is 6.24. The minimum Gasteiger partial charge on any atom is -0.497 e. The molecule has 1 aliphatic rings. The SMILES string of the molecule is COc1ccc(CC(=O)O[C@H](C(=O)N2CCOCC2)c2ccccc2)cc1. The highest BCUT2D eigenvalue weighted by atomic mass is 16.5. The van der Waals surface area contributed by atoms with Gasteiger partial charge >= 0.3 is 5.97 Å². The lowest BCUT2D eigenvalue weighted by molar-refractivity contribution is -0.162. The Morgan fingerprint density at radius 3 is 2.33 bits per heavy atom. The molecular weight excluding hydrogens is 346 g/mol. The Morgan fingerprint density at radius 2 is 1.70 bits per heavy atom. The Balaban J connectivity index is 1.72. The van der Waals surface area contributed by atoms with E-state index in [4.69, 9.17) is 14.2 Å². The van der Waals surface area contributed by atoms with Crippen LogP contribution in [0.2, 0.25) is 0 Å². The van der Waals surface area contributed by atoms with Crippen LogP contribution in [0.15, 0.2) is 54.6 Å². The lowest BCUT2D eigenvalue weighted by Crippen LogP contribution is -2.44. The molecule has 142 valence electrons. The van der Waals surface area contributed by atoms with Crippen LogP contribution in [0.25, 0.3) is 0 Å². The average molecular weight is 369 g/mol. The molecule has 6 nitrogen and oxygen atoms in total. The number of morpholine rings is 1. The Hall–Kier alpha value is -2.86. The summed E-state index contributed by atoms with van der Waals surface area (Å²) in [6.07, 6.45) is -0.862. The van der Waals surface area contributed by atoms with Crippen LogP contribution in [0, 0.1) is 0 Å². The van der Waals surface area contributed by atoms with Crippen molar-refractivity contribution < 1.29 is 23.8 Å². The van der Waals surface area contributed by atoms with E-state index in [0.717, 1.165) is 11.3 Å². The van der Waals surface area contributed by atoms with Gasteiger partial charge < -0.3 is 19.1 Å². The second kappa shape index (κ2) is 9.19. The minimum atomic E-state index is -0.949. The van der Waals surface area contributed by atoms with E-state index in [0.29, 0.717) is 31.9 Å². The van der Waals surface area contributed by atoms with E-state index >= 15 is 0 Å². The highest BCUT2D eigenvalue weighted by Crippen LogP contribution is 2.22. The standard InChI is InChI=1S/C21H23NO5/c1-25-18-9-7-16(8-10-18)15-19(23)27-20(17-5-3-2-4-6-17)21(24)22-11-13-26-14-12-22/h2-10,20H,11-15H2,1H3/t20-/m0/s1. The van der Waals surface area contributed by atoms with Crippen molar-refractivity contribution in [3.63, 3.8) is 0 Å². The fourth-order valence-corrected chi connectivity index (χ4v) is 2.92. The van der Waals surface area contributed by atoms with Gasteiger partial charge in [-0.05, 0) is 17.7 Å². The molecule has 1 saturated heterocycles. The summed E-state index contributed by atoms with van der Waals surface area (Å²) in [5.41, 5.74) is 1.46. The highest BCUT2D eigenvalue weighted by Gasteiger charge is 2.30. The summed E-state index contributed by atoms with van der Waals surface area (Å²) in [4.78, 5) is 27.1. The molecule has 1 fully saturated rings. The largest absolute Gasteiger partial charge is 0.497 e. The first-order valence-corrected chi connectivity index (χ1v) is 8.91. The van der Waals surface area contributed by atoms with Gasteiger partial charge in [0, 0.05) is 18.7 Å². The van der Waals surface area contributed by atoms with Crippen molar-refractivity contribution in [2.75, 3.05) is 33.4 Å². The molecule has 0 spiro atoms. The third-order valence-electron chi connectivity index (χ3n) is 4.41. The van der Waals surface area contributed by atoms with E-state index in [1.54, 1.807) is 48.4 Å². The zero-order chi connectivity index (χ0) is 19.1. The summed E-state index contributed by atoms with van der Waals surface area (Å²) >= 11 is 0. The summed E-state index contributed by atoms with van der Waals surface area (Å²) < 4.78 is 16.0. The number of carbonyl (C=O) groups is 2. The van der Waals surface area contributed by atoms with Crippen LogP contribution in [0.5, 0.6) is 5.75 Å². The predicted molar refractivity (Wildman–Crippen MR) is 99.4 cm³/mol. The summed E-state index contributed by atoms with van der Waals surface area (Å²) in [6.45, 7) is 1.98. The smallest absolute Gasteiger partial charge is 0.311 e. The van der Waals surface area contributed by atoms with Gasteiger partial charge in [0.2, 0.25) is 6.10 Å². The van der Waals surface area contributed by atoms with Crippen molar-refractivity contribution in [2.24, 2.45) is 0 Å². The number of nitrogens with zero attached hydrogens (tertiary/aromatic N) is 1. The molecule has 6 heteroatoms. The molecule has 1 heterocycles. The molecule has 2 aromatic carbocycles. The first-order chi connectivity index (χ1) is 13.2. The monoisotopic (exact) mass is 369 g/mol. The van der Waals surface area contributed by atoms with Crippen molar-refractivity contribution in [1.82, 2.24) is 4.90 Å². The van der Waals surface area contributed by atoms with E-state index in [2.05, 4.69) is 0 Å². The van der Waals surface area contributed by atoms with Crippen LogP contribution in [0.4, 0.5) is 0 Å². The number of ether oxygens (including phenoxy) is 3. The Kier molecular flexibility index (Phi) is 6.44. The zero-order valence-electron chi connectivity index (χ0n) is 15.3. The maximum Gasteiger partial charge on any atom is 0.311 e. The Bertz CT molecular complexity index is 754. The number of rotatable bonds is 6. The number of amides is 1. The molecule has 0 bridgehead atoms.